The Balaban J connectivity index is 1.20. The SMILES string of the molecule is Cc1cc([C@H]2CC[C@H](CN(C(=O)C3CCCCC3)c3cccc(-c4cnn(C5CC5)c4)c3)CC2)ccc1O. The first-order valence-electron chi connectivity index (χ1n) is 14.8. The van der Waals surface area contributed by atoms with Gasteiger partial charge in [-0.1, -0.05) is 43.5 Å². The summed E-state index contributed by atoms with van der Waals surface area (Å²) in [6.07, 6.45) is 16.8. The summed E-state index contributed by atoms with van der Waals surface area (Å²) in [7, 11) is 0. The molecule has 3 aliphatic carbocycles. The summed E-state index contributed by atoms with van der Waals surface area (Å²) in [5, 5.41) is 14.5. The lowest BCUT2D eigenvalue weighted by Crippen LogP contribution is -2.41. The predicted molar refractivity (Wildman–Crippen MR) is 152 cm³/mol. The minimum absolute atomic E-state index is 0.154. The van der Waals surface area contributed by atoms with E-state index in [2.05, 4.69) is 57.3 Å². The molecule has 38 heavy (non-hydrogen) atoms. The molecule has 1 heterocycles. The van der Waals surface area contributed by atoms with E-state index in [9.17, 15) is 9.90 Å². The predicted octanol–water partition coefficient (Wildman–Crippen LogP) is 7.79. The van der Waals surface area contributed by atoms with Gasteiger partial charge in [-0.15, -0.1) is 0 Å². The van der Waals surface area contributed by atoms with Crippen LogP contribution in [0.3, 0.4) is 0 Å². The van der Waals surface area contributed by atoms with E-state index in [4.69, 9.17) is 0 Å². The summed E-state index contributed by atoms with van der Waals surface area (Å²) in [5.74, 6) is 1.91. The van der Waals surface area contributed by atoms with E-state index in [0.717, 1.165) is 67.4 Å². The van der Waals surface area contributed by atoms with Gasteiger partial charge in [-0.25, -0.2) is 0 Å². The van der Waals surface area contributed by atoms with Gasteiger partial charge in [0.1, 0.15) is 5.75 Å². The van der Waals surface area contributed by atoms with Crippen LogP contribution < -0.4 is 4.90 Å². The summed E-state index contributed by atoms with van der Waals surface area (Å²) in [6.45, 7) is 2.78. The van der Waals surface area contributed by atoms with Crippen LogP contribution in [0.2, 0.25) is 0 Å². The van der Waals surface area contributed by atoms with Gasteiger partial charge in [0.25, 0.3) is 0 Å². The number of phenols is 1. The summed E-state index contributed by atoms with van der Waals surface area (Å²) in [5.41, 5.74) is 5.61. The second-order valence-electron chi connectivity index (χ2n) is 12.0. The zero-order chi connectivity index (χ0) is 26.1. The lowest BCUT2D eigenvalue weighted by atomic mass is 9.78. The van der Waals surface area contributed by atoms with Crippen molar-refractivity contribution in [3.8, 4) is 16.9 Å². The van der Waals surface area contributed by atoms with Crippen molar-refractivity contribution in [3.05, 3.63) is 66.0 Å². The fraction of sp³-hybridized carbons (Fsp3) is 0.515. The van der Waals surface area contributed by atoms with Gasteiger partial charge < -0.3 is 10.0 Å². The number of amides is 1. The first-order chi connectivity index (χ1) is 18.5. The van der Waals surface area contributed by atoms with Gasteiger partial charge in [-0.05, 0) is 105 Å². The van der Waals surface area contributed by atoms with Crippen molar-refractivity contribution in [2.75, 3.05) is 11.4 Å². The monoisotopic (exact) mass is 511 g/mol. The van der Waals surface area contributed by atoms with Crippen molar-refractivity contribution in [2.45, 2.75) is 89.5 Å². The van der Waals surface area contributed by atoms with Gasteiger partial charge >= 0.3 is 0 Å². The van der Waals surface area contributed by atoms with E-state index >= 15 is 0 Å². The Morgan fingerprint density at radius 3 is 2.47 bits per heavy atom. The molecule has 5 nitrogen and oxygen atoms in total. The maximum atomic E-state index is 14.0. The number of carbonyl (C=O) groups is 1. The zero-order valence-electron chi connectivity index (χ0n) is 22.7. The lowest BCUT2D eigenvalue weighted by molar-refractivity contribution is -0.123. The molecule has 2 aromatic carbocycles. The van der Waals surface area contributed by atoms with Crippen molar-refractivity contribution < 1.29 is 9.90 Å². The van der Waals surface area contributed by atoms with Gasteiger partial charge in [-0.2, -0.15) is 5.10 Å². The third-order valence-corrected chi connectivity index (χ3v) is 9.21. The van der Waals surface area contributed by atoms with Crippen molar-refractivity contribution in [1.29, 1.82) is 0 Å². The zero-order valence-corrected chi connectivity index (χ0v) is 22.7. The fourth-order valence-corrected chi connectivity index (χ4v) is 6.64. The second-order valence-corrected chi connectivity index (χ2v) is 12.0. The first kappa shape index (κ1) is 25.2. The highest BCUT2D eigenvalue weighted by atomic mass is 16.3. The molecule has 5 heteroatoms. The highest BCUT2D eigenvalue weighted by molar-refractivity contribution is 5.95. The number of nitrogens with zero attached hydrogens (tertiary/aromatic N) is 3. The molecule has 200 valence electrons. The lowest BCUT2D eigenvalue weighted by Gasteiger charge is -2.35. The molecule has 0 aliphatic heterocycles. The highest BCUT2D eigenvalue weighted by Crippen LogP contribution is 2.39. The van der Waals surface area contributed by atoms with Crippen LogP contribution in [-0.4, -0.2) is 27.3 Å². The van der Waals surface area contributed by atoms with E-state index in [-0.39, 0.29) is 5.92 Å². The Morgan fingerprint density at radius 1 is 0.947 bits per heavy atom. The van der Waals surface area contributed by atoms with Crippen molar-refractivity contribution in [2.24, 2.45) is 11.8 Å². The fourth-order valence-electron chi connectivity index (χ4n) is 6.64. The van der Waals surface area contributed by atoms with Crippen LogP contribution in [0.1, 0.15) is 93.7 Å². The summed E-state index contributed by atoms with van der Waals surface area (Å²) in [4.78, 5) is 16.1. The van der Waals surface area contributed by atoms with Crippen LogP contribution in [0.5, 0.6) is 5.75 Å². The Bertz CT molecular complexity index is 1260. The topological polar surface area (TPSA) is 58.4 Å². The number of carbonyl (C=O) groups excluding carboxylic acids is 1. The summed E-state index contributed by atoms with van der Waals surface area (Å²) in [6, 6.07) is 15.2. The van der Waals surface area contributed by atoms with E-state index < -0.39 is 0 Å². The molecule has 0 bridgehead atoms. The average Bonchev–Trinajstić information content (AvgIpc) is 3.70. The van der Waals surface area contributed by atoms with Gasteiger partial charge in [0.05, 0.1) is 12.2 Å². The number of anilines is 1. The maximum absolute atomic E-state index is 14.0. The molecular weight excluding hydrogens is 470 g/mol. The Hall–Kier alpha value is -3.08. The molecule has 3 aromatic rings. The molecule has 3 fully saturated rings. The normalized spacial score (nSPS) is 22.3. The summed E-state index contributed by atoms with van der Waals surface area (Å²) >= 11 is 0. The van der Waals surface area contributed by atoms with Crippen molar-refractivity contribution in [3.63, 3.8) is 0 Å². The smallest absolute Gasteiger partial charge is 0.230 e. The van der Waals surface area contributed by atoms with Gasteiger partial charge in [0, 0.05) is 29.9 Å². The van der Waals surface area contributed by atoms with E-state index in [0.29, 0.717) is 29.5 Å². The molecule has 3 saturated carbocycles. The van der Waals surface area contributed by atoms with E-state index in [1.165, 1.54) is 37.7 Å². The minimum atomic E-state index is 0.154. The van der Waals surface area contributed by atoms with Crippen LogP contribution >= 0.6 is 0 Å². The summed E-state index contributed by atoms with van der Waals surface area (Å²) < 4.78 is 2.10. The number of phenolic OH excluding ortho intramolecular Hbond substituents is 1. The Morgan fingerprint density at radius 2 is 1.74 bits per heavy atom. The maximum Gasteiger partial charge on any atom is 0.230 e. The third-order valence-electron chi connectivity index (χ3n) is 9.21. The van der Waals surface area contributed by atoms with Crippen LogP contribution in [0.4, 0.5) is 5.69 Å². The van der Waals surface area contributed by atoms with Crippen molar-refractivity contribution in [1.82, 2.24) is 9.78 Å². The molecule has 0 radical (unpaired) electrons. The van der Waals surface area contributed by atoms with Crippen LogP contribution in [0.15, 0.2) is 54.9 Å². The van der Waals surface area contributed by atoms with Gasteiger partial charge in [0.2, 0.25) is 5.91 Å². The number of aryl methyl sites for hydroxylation is 1. The quantitative estimate of drug-likeness (QED) is 0.352. The average molecular weight is 512 g/mol. The molecule has 0 saturated heterocycles. The molecule has 0 unspecified atom stereocenters. The highest BCUT2D eigenvalue weighted by Gasteiger charge is 2.31. The first-order valence-corrected chi connectivity index (χ1v) is 14.8. The largest absolute Gasteiger partial charge is 0.508 e. The number of hydrogen-bond acceptors (Lipinski definition) is 3. The van der Waals surface area contributed by atoms with E-state index in [1.54, 1.807) is 0 Å². The second kappa shape index (κ2) is 11.0. The molecule has 3 aliphatic rings. The third kappa shape index (κ3) is 5.52. The van der Waals surface area contributed by atoms with E-state index in [1.807, 2.05) is 19.2 Å². The van der Waals surface area contributed by atoms with Crippen molar-refractivity contribution >= 4 is 11.6 Å². The number of aromatic hydroxyl groups is 1. The molecule has 1 N–H and O–H groups in total. The number of aromatic nitrogens is 2. The number of rotatable bonds is 7. The number of benzene rings is 2. The molecule has 0 atom stereocenters. The molecule has 0 spiro atoms. The molecule has 1 aromatic heterocycles. The Labute approximate surface area is 226 Å². The van der Waals surface area contributed by atoms with Gasteiger partial charge in [0.15, 0.2) is 0 Å². The van der Waals surface area contributed by atoms with Crippen LogP contribution in [-0.2, 0) is 4.79 Å². The molecule has 6 rings (SSSR count). The van der Waals surface area contributed by atoms with Crippen LogP contribution in [0.25, 0.3) is 11.1 Å². The molecular formula is C33H41N3O2. The Kier molecular flexibility index (Phi) is 7.27. The standard InChI is InChI=1S/C33H41N3O2/c1-23-18-28(14-17-32(23)37)25-12-10-24(11-13-25)21-35(33(38)26-6-3-2-4-7-26)31-9-5-8-27(19-31)29-20-34-36(22-29)30-15-16-30/h5,8-9,14,17-20,22,24-26,30,37H,2-4,6-7,10-13,15-16,21H2,1H3/t24-,25-. The van der Waals surface area contributed by atoms with Crippen LogP contribution in [0, 0.1) is 18.8 Å². The van der Waals surface area contributed by atoms with Gasteiger partial charge in [-0.3, -0.25) is 9.48 Å². The number of hydrogen-bond donors (Lipinski definition) is 1. The molecule has 1 amide bonds. The minimum Gasteiger partial charge on any atom is -0.508 e.